The second-order valence-corrected chi connectivity index (χ2v) is 5.76. The van der Waals surface area contributed by atoms with E-state index in [0.717, 1.165) is 17.7 Å². The molecule has 1 N–H and O–H groups in total. The van der Waals surface area contributed by atoms with Crippen LogP contribution in [0, 0.1) is 23.0 Å². The largest absolute Gasteiger partial charge is 0.503 e. The Labute approximate surface area is 153 Å². The minimum Gasteiger partial charge on any atom is -0.503 e. The molecule has 5 nitrogen and oxygen atoms in total. The Morgan fingerprint density at radius 3 is 2.33 bits per heavy atom. The molecule has 27 heavy (non-hydrogen) atoms. The van der Waals surface area contributed by atoms with Crippen LogP contribution in [0.2, 0.25) is 0 Å². The number of nitrogens with zero attached hydrogens (tertiary/aromatic N) is 3. The summed E-state index contributed by atoms with van der Waals surface area (Å²) in [6.45, 7) is 0. The molecule has 0 saturated heterocycles. The highest BCUT2D eigenvalue weighted by Crippen LogP contribution is 2.24. The predicted molar refractivity (Wildman–Crippen MR) is 96.4 cm³/mol. The first-order valence-electron chi connectivity index (χ1n) is 7.84. The van der Waals surface area contributed by atoms with Crippen molar-refractivity contribution in [2.24, 2.45) is 4.99 Å². The number of benzene rings is 2. The van der Waals surface area contributed by atoms with Crippen LogP contribution in [-0.2, 0) is 4.79 Å². The van der Waals surface area contributed by atoms with E-state index in [1.807, 2.05) is 6.07 Å². The smallest absolute Gasteiger partial charge is 0.277 e. The van der Waals surface area contributed by atoms with Crippen molar-refractivity contribution in [1.29, 1.82) is 5.26 Å². The Morgan fingerprint density at radius 1 is 1.11 bits per heavy atom. The summed E-state index contributed by atoms with van der Waals surface area (Å²) in [4.78, 5) is 17.8. The van der Waals surface area contributed by atoms with E-state index in [1.54, 1.807) is 36.4 Å². The third-order valence-corrected chi connectivity index (χ3v) is 3.91. The molecule has 2 aromatic rings. The fourth-order valence-electron chi connectivity index (χ4n) is 2.43. The van der Waals surface area contributed by atoms with Gasteiger partial charge < -0.3 is 5.11 Å². The molecule has 0 fully saturated rings. The number of hydrogen-bond donors (Lipinski definition) is 1. The number of amidine groups is 1. The van der Waals surface area contributed by atoms with Gasteiger partial charge in [-0.1, -0.05) is 18.2 Å². The van der Waals surface area contributed by atoms with Crippen molar-refractivity contribution in [3.8, 4) is 11.8 Å². The van der Waals surface area contributed by atoms with E-state index in [9.17, 15) is 13.6 Å². The van der Waals surface area contributed by atoms with Gasteiger partial charge >= 0.3 is 0 Å². The summed E-state index contributed by atoms with van der Waals surface area (Å²) < 4.78 is 26.9. The van der Waals surface area contributed by atoms with Crippen molar-refractivity contribution in [3.63, 3.8) is 0 Å². The highest BCUT2D eigenvalue weighted by Gasteiger charge is 2.25. The summed E-state index contributed by atoms with van der Waals surface area (Å²) in [6, 6.07) is 10.7. The molecule has 0 aromatic heterocycles. The van der Waals surface area contributed by atoms with Gasteiger partial charge in [0.2, 0.25) is 0 Å². The number of aliphatic imine (C=N–C) groups is 1. The molecule has 2 aromatic carbocycles. The Kier molecular flexibility index (Phi) is 4.81. The third kappa shape index (κ3) is 3.75. The summed E-state index contributed by atoms with van der Waals surface area (Å²) in [5, 5.41) is 17.9. The molecule has 0 atom stereocenters. The topological polar surface area (TPSA) is 76.7 Å². The molecule has 0 spiro atoms. The van der Waals surface area contributed by atoms with Crippen LogP contribution < -0.4 is 0 Å². The van der Waals surface area contributed by atoms with Crippen molar-refractivity contribution >= 4 is 23.9 Å². The lowest BCUT2D eigenvalue weighted by molar-refractivity contribution is -0.121. The summed E-state index contributed by atoms with van der Waals surface area (Å²) in [7, 11) is 1.53. The molecule has 1 amide bonds. The summed E-state index contributed by atoms with van der Waals surface area (Å²) in [5.41, 5.74) is 1.44. The van der Waals surface area contributed by atoms with Crippen LogP contribution in [0.1, 0.15) is 16.7 Å². The number of hydrogen-bond acceptors (Lipinski definition) is 4. The summed E-state index contributed by atoms with van der Waals surface area (Å²) in [6.07, 6.45) is 4.59. The Bertz CT molecular complexity index is 1020. The number of phenols is 1. The lowest BCUT2D eigenvalue weighted by Gasteiger charge is -2.07. The fraction of sp³-hybridized carbons (Fsp3) is 0.0500. The number of carbonyl (C=O) groups is 1. The second-order valence-electron chi connectivity index (χ2n) is 5.76. The molecule has 0 aliphatic carbocycles. The molecule has 7 heteroatoms. The van der Waals surface area contributed by atoms with Crippen LogP contribution in [0.3, 0.4) is 0 Å². The number of nitriles is 1. The van der Waals surface area contributed by atoms with Crippen LogP contribution in [0.15, 0.2) is 53.2 Å². The maximum atomic E-state index is 13.4. The van der Waals surface area contributed by atoms with Gasteiger partial charge in [-0.2, -0.15) is 5.26 Å². The van der Waals surface area contributed by atoms with Gasteiger partial charge in [-0.3, -0.25) is 9.69 Å². The zero-order valence-corrected chi connectivity index (χ0v) is 14.1. The molecule has 134 valence electrons. The molecule has 1 aliphatic heterocycles. The first-order valence-corrected chi connectivity index (χ1v) is 7.84. The van der Waals surface area contributed by atoms with E-state index >= 15 is 0 Å². The minimum atomic E-state index is -1.12. The highest BCUT2D eigenvalue weighted by molar-refractivity contribution is 6.18. The van der Waals surface area contributed by atoms with Crippen molar-refractivity contribution in [2.75, 3.05) is 7.05 Å². The minimum absolute atomic E-state index is 0.0152. The van der Waals surface area contributed by atoms with E-state index in [4.69, 9.17) is 10.4 Å². The van der Waals surface area contributed by atoms with Gasteiger partial charge in [0.25, 0.3) is 5.91 Å². The monoisotopic (exact) mass is 365 g/mol. The van der Waals surface area contributed by atoms with Crippen molar-refractivity contribution < 1.29 is 18.7 Å². The van der Waals surface area contributed by atoms with Crippen LogP contribution >= 0.6 is 0 Å². The Balaban J connectivity index is 1.88. The highest BCUT2D eigenvalue weighted by atomic mass is 19.1. The normalized spacial score (nSPS) is 15.5. The fourth-order valence-corrected chi connectivity index (χ4v) is 2.43. The van der Waals surface area contributed by atoms with Crippen LogP contribution in [0.25, 0.3) is 12.2 Å². The van der Waals surface area contributed by atoms with E-state index in [0.29, 0.717) is 11.4 Å². The van der Waals surface area contributed by atoms with Gasteiger partial charge in [0.15, 0.2) is 17.4 Å². The zero-order chi connectivity index (χ0) is 19.6. The van der Waals surface area contributed by atoms with Gasteiger partial charge in [-0.25, -0.2) is 13.8 Å². The molecule has 0 bridgehead atoms. The molecule has 1 heterocycles. The number of halogens is 2. The van der Waals surface area contributed by atoms with Gasteiger partial charge in [0.1, 0.15) is 11.5 Å². The first-order chi connectivity index (χ1) is 12.9. The molecule has 0 saturated carbocycles. The molecule has 0 radical (unpaired) electrons. The Morgan fingerprint density at radius 2 is 1.74 bits per heavy atom. The number of rotatable bonds is 3. The second kappa shape index (κ2) is 7.22. The molecule has 3 rings (SSSR count). The van der Waals surface area contributed by atoms with Gasteiger partial charge in [-0.05, 0) is 47.5 Å². The number of amides is 1. The molecule has 1 aliphatic rings. The van der Waals surface area contributed by atoms with E-state index in [-0.39, 0.29) is 11.3 Å². The quantitative estimate of drug-likeness (QED) is 0.846. The number of aromatic hydroxyl groups is 1. The maximum Gasteiger partial charge on any atom is 0.277 e. The van der Waals surface area contributed by atoms with E-state index < -0.39 is 23.3 Å². The standard InChI is InChI=1S/C20H13F2N3O2/c1-25-18(7-6-12-2-4-13(11-23)5-3-12)24-17(20(25)27)10-14-8-15(21)19(26)16(22)9-14/h2-10,26H,1H3/b7-6+,17-10+. The van der Waals surface area contributed by atoms with Gasteiger partial charge in [0.05, 0.1) is 11.6 Å². The summed E-state index contributed by atoms with van der Waals surface area (Å²) >= 11 is 0. The first kappa shape index (κ1) is 18.0. The molecule has 0 unspecified atom stereocenters. The van der Waals surface area contributed by atoms with Gasteiger partial charge in [0, 0.05) is 7.05 Å². The molecular weight excluding hydrogens is 352 g/mol. The third-order valence-electron chi connectivity index (χ3n) is 3.91. The molecular formula is C20H13F2N3O2. The Hall–Kier alpha value is -3.79. The van der Waals surface area contributed by atoms with E-state index in [1.165, 1.54) is 18.0 Å². The van der Waals surface area contributed by atoms with Crippen molar-refractivity contribution in [2.45, 2.75) is 0 Å². The number of phenolic OH excluding ortho intramolecular Hbond substituents is 1. The van der Waals surface area contributed by atoms with Crippen LogP contribution in [0.4, 0.5) is 8.78 Å². The zero-order valence-electron chi connectivity index (χ0n) is 14.1. The van der Waals surface area contributed by atoms with Crippen LogP contribution in [0.5, 0.6) is 5.75 Å². The lowest BCUT2D eigenvalue weighted by atomic mass is 10.1. The van der Waals surface area contributed by atoms with E-state index in [2.05, 4.69) is 4.99 Å². The van der Waals surface area contributed by atoms with Crippen molar-refractivity contribution in [3.05, 3.63) is 76.5 Å². The average molecular weight is 365 g/mol. The van der Waals surface area contributed by atoms with Crippen LogP contribution in [-0.4, -0.2) is 28.8 Å². The average Bonchev–Trinajstić information content (AvgIpc) is 2.92. The SMILES string of the molecule is CN1C(=O)/C(=C\c2cc(F)c(O)c(F)c2)N=C1/C=C/c1ccc(C#N)cc1. The lowest BCUT2D eigenvalue weighted by Crippen LogP contribution is -2.26. The maximum absolute atomic E-state index is 13.4. The number of carbonyl (C=O) groups excluding carboxylic acids is 1. The predicted octanol–water partition coefficient (Wildman–Crippen LogP) is 3.47. The van der Waals surface area contributed by atoms with Gasteiger partial charge in [-0.15, -0.1) is 0 Å². The summed E-state index contributed by atoms with van der Waals surface area (Å²) in [5.74, 6) is -3.38. The van der Waals surface area contributed by atoms with Crippen molar-refractivity contribution in [1.82, 2.24) is 4.90 Å². The number of likely N-dealkylation sites (N-methyl/N-ethyl adjacent to an activating group) is 1.